The van der Waals surface area contributed by atoms with E-state index in [2.05, 4.69) is 37.3 Å². The first-order chi connectivity index (χ1) is 10.8. The van der Waals surface area contributed by atoms with Crippen molar-refractivity contribution in [2.24, 2.45) is 0 Å². The Morgan fingerprint density at radius 1 is 1.00 bits per heavy atom. The Hall–Kier alpha value is -2.66. The molecule has 2 aromatic carbocycles. The quantitative estimate of drug-likeness (QED) is 0.729. The van der Waals surface area contributed by atoms with Crippen molar-refractivity contribution in [1.82, 2.24) is 0 Å². The number of hydrogen-bond donors (Lipinski definition) is 0. The molecule has 0 amide bonds. The molecule has 0 N–H and O–H groups in total. The van der Waals surface area contributed by atoms with Crippen LogP contribution in [0.4, 0.5) is 0 Å². The number of allylic oxidation sites excluding steroid dienone is 2. The van der Waals surface area contributed by atoms with Crippen LogP contribution in [0.1, 0.15) is 43.0 Å². The molecule has 0 saturated heterocycles. The van der Waals surface area contributed by atoms with E-state index >= 15 is 0 Å². The molecule has 0 fully saturated rings. The number of ketones is 1. The van der Waals surface area contributed by atoms with Gasteiger partial charge >= 0.3 is 0 Å². The van der Waals surface area contributed by atoms with Crippen LogP contribution < -0.4 is 0 Å². The lowest BCUT2D eigenvalue weighted by Crippen LogP contribution is -1.99. The average Bonchev–Trinajstić information content (AvgIpc) is 2.54. The van der Waals surface area contributed by atoms with Crippen LogP contribution in [-0.2, 0) is 4.79 Å². The zero-order chi connectivity index (χ0) is 17.1. The van der Waals surface area contributed by atoms with Crippen molar-refractivity contribution in [3.63, 3.8) is 0 Å². The van der Waals surface area contributed by atoms with Crippen molar-refractivity contribution in [1.29, 1.82) is 5.26 Å². The SMILES string of the molecule is CC(=O)/C(C)=C(\C)c1cc(C#N)cc(-c2ccc(C)cc2)c1C. The fourth-order valence-corrected chi connectivity index (χ4v) is 2.67. The van der Waals surface area contributed by atoms with Crippen molar-refractivity contribution in [3.05, 3.63) is 64.2 Å². The van der Waals surface area contributed by atoms with Gasteiger partial charge in [-0.3, -0.25) is 4.79 Å². The van der Waals surface area contributed by atoms with E-state index < -0.39 is 0 Å². The van der Waals surface area contributed by atoms with Crippen LogP contribution in [0.2, 0.25) is 0 Å². The molecule has 0 radical (unpaired) electrons. The molecule has 0 aromatic heterocycles. The summed E-state index contributed by atoms with van der Waals surface area (Å²) in [5, 5.41) is 9.36. The van der Waals surface area contributed by atoms with Gasteiger partial charge in [0.15, 0.2) is 5.78 Å². The second-order valence-corrected chi connectivity index (χ2v) is 5.98. The summed E-state index contributed by atoms with van der Waals surface area (Å²) in [5.74, 6) is 0.0566. The lowest BCUT2D eigenvalue weighted by Gasteiger charge is -2.15. The van der Waals surface area contributed by atoms with Gasteiger partial charge in [0.05, 0.1) is 11.6 Å². The number of hydrogen-bond acceptors (Lipinski definition) is 2. The number of nitrogens with zero attached hydrogens (tertiary/aromatic N) is 1. The largest absolute Gasteiger partial charge is 0.295 e. The molecule has 2 aromatic rings. The molecule has 0 aliphatic rings. The van der Waals surface area contributed by atoms with Gasteiger partial charge in [0.2, 0.25) is 0 Å². The predicted molar refractivity (Wildman–Crippen MR) is 95.0 cm³/mol. The first kappa shape index (κ1) is 16.7. The predicted octanol–water partition coefficient (Wildman–Crippen LogP) is 5.22. The van der Waals surface area contributed by atoms with E-state index in [1.54, 1.807) is 6.92 Å². The number of nitriles is 1. The summed E-state index contributed by atoms with van der Waals surface area (Å²) >= 11 is 0. The molecular weight excluding hydrogens is 282 g/mol. The molecule has 2 rings (SSSR count). The highest BCUT2D eigenvalue weighted by Gasteiger charge is 2.13. The summed E-state index contributed by atoms with van der Waals surface area (Å²) in [4.78, 5) is 11.7. The van der Waals surface area contributed by atoms with Crippen LogP contribution >= 0.6 is 0 Å². The second-order valence-electron chi connectivity index (χ2n) is 5.98. The fraction of sp³-hybridized carbons (Fsp3) is 0.238. The third-order valence-electron chi connectivity index (χ3n) is 4.39. The normalized spacial score (nSPS) is 11.7. The van der Waals surface area contributed by atoms with Crippen molar-refractivity contribution in [2.45, 2.75) is 34.6 Å². The highest BCUT2D eigenvalue weighted by atomic mass is 16.1. The third-order valence-corrected chi connectivity index (χ3v) is 4.39. The smallest absolute Gasteiger partial charge is 0.155 e. The van der Waals surface area contributed by atoms with Gasteiger partial charge in [-0.1, -0.05) is 29.8 Å². The molecule has 0 aliphatic carbocycles. The zero-order valence-corrected chi connectivity index (χ0v) is 14.3. The molecule has 2 heteroatoms. The standard InChI is InChI=1S/C21H21NO/c1-13-6-8-19(9-7-13)21-11-18(12-22)10-20(16(21)4)15(3)14(2)17(5)23/h6-11H,1-5H3/b15-14+. The summed E-state index contributed by atoms with van der Waals surface area (Å²) in [6, 6.07) is 14.3. The molecule has 0 spiro atoms. The summed E-state index contributed by atoms with van der Waals surface area (Å²) in [5.41, 5.74) is 7.65. The Labute approximate surface area is 138 Å². The summed E-state index contributed by atoms with van der Waals surface area (Å²) in [6.45, 7) is 9.45. The van der Waals surface area contributed by atoms with E-state index in [4.69, 9.17) is 0 Å². The maximum atomic E-state index is 11.7. The summed E-state index contributed by atoms with van der Waals surface area (Å²) in [7, 11) is 0. The van der Waals surface area contributed by atoms with Gasteiger partial charge in [-0.15, -0.1) is 0 Å². The minimum Gasteiger partial charge on any atom is -0.295 e. The van der Waals surface area contributed by atoms with Gasteiger partial charge in [0, 0.05) is 0 Å². The number of benzene rings is 2. The van der Waals surface area contributed by atoms with Gasteiger partial charge in [-0.25, -0.2) is 0 Å². The first-order valence-electron chi connectivity index (χ1n) is 7.65. The lowest BCUT2D eigenvalue weighted by atomic mass is 9.89. The van der Waals surface area contributed by atoms with Gasteiger partial charge in [-0.05, 0) is 80.2 Å². The van der Waals surface area contributed by atoms with Gasteiger partial charge in [0.1, 0.15) is 0 Å². The van der Waals surface area contributed by atoms with E-state index in [9.17, 15) is 10.1 Å². The van der Waals surface area contributed by atoms with Crippen LogP contribution in [-0.4, -0.2) is 5.78 Å². The molecule has 0 saturated carbocycles. The molecular formula is C21H21NO. The minimum atomic E-state index is 0.0566. The van der Waals surface area contributed by atoms with Gasteiger partial charge in [-0.2, -0.15) is 5.26 Å². The number of rotatable bonds is 3. The molecule has 23 heavy (non-hydrogen) atoms. The third kappa shape index (κ3) is 3.40. The van der Waals surface area contributed by atoms with Crippen LogP contribution in [0.25, 0.3) is 16.7 Å². The van der Waals surface area contributed by atoms with Crippen molar-refractivity contribution in [2.75, 3.05) is 0 Å². The minimum absolute atomic E-state index is 0.0566. The van der Waals surface area contributed by atoms with E-state index in [1.165, 1.54) is 5.56 Å². The molecule has 0 atom stereocenters. The van der Waals surface area contributed by atoms with Gasteiger partial charge in [0.25, 0.3) is 0 Å². The average molecular weight is 303 g/mol. The number of aryl methyl sites for hydroxylation is 1. The topological polar surface area (TPSA) is 40.9 Å². The zero-order valence-electron chi connectivity index (χ0n) is 14.3. The number of carbonyl (C=O) groups excluding carboxylic acids is 1. The van der Waals surface area contributed by atoms with Crippen LogP contribution in [0.5, 0.6) is 0 Å². The first-order valence-corrected chi connectivity index (χ1v) is 7.65. The van der Waals surface area contributed by atoms with Crippen molar-refractivity contribution >= 4 is 11.4 Å². The van der Waals surface area contributed by atoms with E-state index in [1.807, 2.05) is 32.9 Å². The maximum absolute atomic E-state index is 11.7. The van der Waals surface area contributed by atoms with Crippen LogP contribution in [0.3, 0.4) is 0 Å². The Kier molecular flexibility index (Phi) is 4.81. The Bertz CT molecular complexity index is 833. The van der Waals surface area contributed by atoms with E-state index in [-0.39, 0.29) is 5.78 Å². The molecule has 0 bridgehead atoms. The second kappa shape index (κ2) is 6.62. The number of Topliss-reactive ketones (excluding diaryl/α,β-unsaturated/α-hetero) is 1. The van der Waals surface area contributed by atoms with Crippen molar-refractivity contribution in [3.8, 4) is 17.2 Å². The Morgan fingerprint density at radius 2 is 1.61 bits per heavy atom. The molecule has 0 aliphatic heterocycles. The lowest BCUT2D eigenvalue weighted by molar-refractivity contribution is -0.113. The Balaban J connectivity index is 2.74. The highest BCUT2D eigenvalue weighted by molar-refractivity contribution is 6.00. The molecule has 2 nitrogen and oxygen atoms in total. The summed E-state index contributed by atoms with van der Waals surface area (Å²) < 4.78 is 0. The van der Waals surface area contributed by atoms with E-state index in [0.29, 0.717) is 5.56 Å². The van der Waals surface area contributed by atoms with E-state index in [0.717, 1.165) is 33.4 Å². The highest BCUT2D eigenvalue weighted by Crippen LogP contribution is 2.32. The molecule has 116 valence electrons. The molecule has 0 unspecified atom stereocenters. The summed E-state index contributed by atoms with van der Waals surface area (Å²) in [6.07, 6.45) is 0. The Morgan fingerprint density at radius 3 is 2.13 bits per heavy atom. The monoisotopic (exact) mass is 303 g/mol. The van der Waals surface area contributed by atoms with Crippen LogP contribution in [0, 0.1) is 25.2 Å². The van der Waals surface area contributed by atoms with Gasteiger partial charge < -0.3 is 0 Å². The fourth-order valence-electron chi connectivity index (χ4n) is 2.67. The van der Waals surface area contributed by atoms with Crippen LogP contribution in [0.15, 0.2) is 42.0 Å². The number of carbonyl (C=O) groups is 1. The molecule has 0 heterocycles. The maximum Gasteiger partial charge on any atom is 0.155 e. The van der Waals surface area contributed by atoms with Crippen molar-refractivity contribution < 1.29 is 4.79 Å².